The second kappa shape index (κ2) is 3.35. The van der Waals surface area contributed by atoms with Crippen molar-refractivity contribution in [2.75, 3.05) is 6.54 Å². The van der Waals surface area contributed by atoms with Crippen LogP contribution in [0.4, 0.5) is 0 Å². The first-order valence-corrected chi connectivity index (χ1v) is 5.15. The summed E-state index contributed by atoms with van der Waals surface area (Å²) >= 11 is 0. The van der Waals surface area contributed by atoms with Gasteiger partial charge in [0.05, 0.1) is 6.04 Å². The Morgan fingerprint density at radius 3 is 2.71 bits per heavy atom. The quantitative estimate of drug-likeness (QED) is 0.742. The summed E-state index contributed by atoms with van der Waals surface area (Å²) in [5.41, 5.74) is -0.0274. The molecule has 78 valence electrons. The number of nitrogens with one attached hydrogen (secondary N) is 1. The topological polar surface area (TPSA) is 51.0 Å². The zero-order chi connectivity index (χ0) is 10.2. The van der Waals surface area contributed by atoms with Crippen LogP contribution in [0.3, 0.4) is 0 Å². The van der Waals surface area contributed by atoms with Gasteiger partial charge in [0.25, 0.3) is 0 Å². The standard InChI is InChI=1S/C10H17N3O/c1-10(2,3)9-12-8(14-13-9)7-5-4-6-11-7/h7,11H,4-6H2,1-3H3/t7-/m1/s1. The highest BCUT2D eigenvalue weighted by Gasteiger charge is 2.26. The molecule has 1 aliphatic rings. The van der Waals surface area contributed by atoms with Crippen LogP contribution in [-0.4, -0.2) is 16.7 Å². The van der Waals surface area contributed by atoms with Crippen molar-refractivity contribution in [3.63, 3.8) is 0 Å². The molecule has 1 saturated heterocycles. The Morgan fingerprint density at radius 1 is 1.43 bits per heavy atom. The minimum atomic E-state index is -0.0274. The van der Waals surface area contributed by atoms with E-state index in [-0.39, 0.29) is 11.5 Å². The van der Waals surface area contributed by atoms with Gasteiger partial charge < -0.3 is 9.84 Å². The van der Waals surface area contributed by atoms with Crippen LogP contribution in [0.1, 0.15) is 51.4 Å². The van der Waals surface area contributed by atoms with Crippen LogP contribution >= 0.6 is 0 Å². The van der Waals surface area contributed by atoms with Gasteiger partial charge in [0.2, 0.25) is 5.89 Å². The van der Waals surface area contributed by atoms with Crippen molar-refractivity contribution in [3.8, 4) is 0 Å². The van der Waals surface area contributed by atoms with Crippen molar-refractivity contribution >= 4 is 0 Å². The smallest absolute Gasteiger partial charge is 0.243 e. The molecule has 2 heterocycles. The molecular formula is C10H17N3O. The van der Waals surface area contributed by atoms with Gasteiger partial charge in [0.15, 0.2) is 5.82 Å². The van der Waals surface area contributed by atoms with E-state index in [1.807, 2.05) is 0 Å². The molecule has 0 unspecified atom stereocenters. The third-order valence-electron chi connectivity index (χ3n) is 2.47. The summed E-state index contributed by atoms with van der Waals surface area (Å²) in [5, 5.41) is 7.35. The lowest BCUT2D eigenvalue weighted by Crippen LogP contribution is -2.15. The first kappa shape index (κ1) is 9.65. The molecule has 1 aliphatic heterocycles. The van der Waals surface area contributed by atoms with E-state index >= 15 is 0 Å². The van der Waals surface area contributed by atoms with Crippen LogP contribution < -0.4 is 5.32 Å². The fraction of sp³-hybridized carbons (Fsp3) is 0.800. The van der Waals surface area contributed by atoms with Crippen LogP contribution in [0, 0.1) is 0 Å². The fourth-order valence-corrected chi connectivity index (χ4v) is 1.58. The largest absolute Gasteiger partial charge is 0.338 e. The predicted molar refractivity (Wildman–Crippen MR) is 53.0 cm³/mol. The summed E-state index contributed by atoms with van der Waals surface area (Å²) in [6.45, 7) is 7.31. The van der Waals surface area contributed by atoms with E-state index in [9.17, 15) is 0 Å². The maximum absolute atomic E-state index is 5.25. The normalized spacial score (nSPS) is 22.9. The summed E-state index contributed by atoms with van der Waals surface area (Å²) in [6, 6.07) is 0.276. The number of hydrogen-bond acceptors (Lipinski definition) is 4. The highest BCUT2D eigenvalue weighted by Crippen LogP contribution is 2.24. The number of rotatable bonds is 1. The molecule has 0 amide bonds. The summed E-state index contributed by atoms with van der Waals surface area (Å²) < 4.78 is 5.25. The molecule has 0 bridgehead atoms. The van der Waals surface area contributed by atoms with Crippen LogP contribution in [0.25, 0.3) is 0 Å². The Balaban J connectivity index is 2.17. The van der Waals surface area contributed by atoms with E-state index in [1.54, 1.807) is 0 Å². The SMILES string of the molecule is CC(C)(C)c1noc([C@H]2CCCN2)n1. The van der Waals surface area contributed by atoms with Gasteiger partial charge in [-0.25, -0.2) is 0 Å². The molecule has 4 nitrogen and oxygen atoms in total. The van der Waals surface area contributed by atoms with E-state index in [0.717, 1.165) is 24.7 Å². The maximum atomic E-state index is 5.25. The fourth-order valence-electron chi connectivity index (χ4n) is 1.58. The number of aromatic nitrogens is 2. The number of hydrogen-bond donors (Lipinski definition) is 1. The second-order valence-electron chi connectivity index (χ2n) is 4.86. The van der Waals surface area contributed by atoms with Gasteiger partial charge >= 0.3 is 0 Å². The van der Waals surface area contributed by atoms with Crippen LogP contribution in [0.5, 0.6) is 0 Å². The van der Waals surface area contributed by atoms with Gasteiger partial charge in [-0.05, 0) is 19.4 Å². The molecule has 0 saturated carbocycles. The van der Waals surface area contributed by atoms with E-state index in [0.29, 0.717) is 0 Å². The van der Waals surface area contributed by atoms with E-state index < -0.39 is 0 Å². The molecule has 2 rings (SSSR count). The Labute approximate surface area is 84.1 Å². The Hall–Kier alpha value is -0.900. The second-order valence-corrected chi connectivity index (χ2v) is 4.86. The van der Waals surface area contributed by atoms with Crippen LogP contribution in [0.15, 0.2) is 4.52 Å². The third kappa shape index (κ3) is 1.80. The van der Waals surface area contributed by atoms with Crippen molar-refractivity contribution < 1.29 is 4.52 Å². The Kier molecular flexibility index (Phi) is 2.31. The predicted octanol–water partition coefficient (Wildman–Crippen LogP) is 1.79. The lowest BCUT2D eigenvalue weighted by atomic mass is 9.96. The molecule has 0 radical (unpaired) electrons. The molecular weight excluding hydrogens is 178 g/mol. The van der Waals surface area contributed by atoms with Gasteiger partial charge in [-0.1, -0.05) is 25.9 Å². The molecule has 14 heavy (non-hydrogen) atoms. The lowest BCUT2D eigenvalue weighted by Gasteiger charge is -2.11. The Bertz CT molecular complexity index is 307. The molecule has 0 aromatic carbocycles. The minimum absolute atomic E-state index is 0.0274. The van der Waals surface area contributed by atoms with Crippen molar-refractivity contribution in [2.45, 2.75) is 45.1 Å². The highest BCUT2D eigenvalue weighted by molar-refractivity contribution is 5.02. The zero-order valence-corrected chi connectivity index (χ0v) is 9.00. The monoisotopic (exact) mass is 195 g/mol. The highest BCUT2D eigenvalue weighted by atomic mass is 16.5. The minimum Gasteiger partial charge on any atom is -0.338 e. The molecule has 1 aromatic heterocycles. The lowest BCUT2D eigenvalue weighted by molar-refractivity contribution is 0.335. The maximum Gasteiger partial charge on any atom is 0.243 e. The first-order chi connectivity index (χ1) is 6.57. The molecule has 1 aromatic rings. The van der Waals surface area contributed by atoms with Crippen molar-refractivity contribution in [1.82, 2.24) is 15.5 Å². The molecule has 0 spiro atoms. The number of nitrogens with zero attached hydrogens (tertiary/aromatic N) is 2. The van der Waals surface area contributed by atoms with Gasteiger partial charge in [0.1, 0.15) is 0 Å². The van der Waals surface area contributed by atoms with E-state index in [4.69, 9.17) is 4.52 Å². The van der Waals surface area contributed by atoms with Crippen LogP contribution in [-0.2, 0) is 5.41 Å². The Morgan fingerprint density at radius 2 is 2.21 bits per heavy atom. The average Bonchev–Trinajstić information content (AvgIpc) is 2.73. The van der Waals surface area contributed by atoms with Gasteiger partial charge in [-0.15, -0.1) is 0 Å². The summed E-state index contributed by atoms with van der Waals surface area (Å²) in [5.74, 6) is 1.54. The van der Waals surface area contributed by atoms with Crippen LogP contribution in [0.2, 0.25) is 0 Å². The molecule has 1 fully saturated rings. The van der Waals surface area contributed by atoms with Crippen molar-refractivity contribution in [3.05, 3.63) is 11.7 Å². The van der Waals surface area contributed by atoms with Gasteiger partial charge in [-0.2, -0.15) is 4.98 Å². The summed E-state index contributed by atoms with van der Waals surface area (Å²) in [6.07, 6.45) is 2.30. The van der Waals surface area contributed by atoms with E-state index in [1.165, 1.54) is 6.42 Å². The van der Waals surface area contributed by atoms with Gasteiger partial charge in [-0.3, -0.25) is 0 Å². The summed E-state index contributed by atoms with van der Waals surface area (Å²) in [4.78, 5) is 4.42. The first-order valence-electron chi connectivity index (χ1n) is 5.15. The van der Waals surface area contributed by atoms with E-state index in [2.05, 4.69) is 36.2 Å². The molecule has 1 atom stereocenters. The molecule has 1 N–H and O–H groups in total. The van der Waals surface area contributed by atoms with Gasteiger partial charge in [0, 0.05) is 5.41 Å². The third-order valence-corrected chi connectivity index (χ3v) is 2.47. The average molecular weight is 195 g/mol. The molecule has 0 aliphatic carbocycles. The molecule has 4 heteroatoms. The summed E-state index contributed by atoms with van der Waals surface area (Å²) in [7, 11) is 0. The zero-order valence-electron chi connectivity index (χ0n) is 9.00. The van der Waals surface area contributed by atoms with Crippen molar-refractivity contribution in [2.24, 2.45) is 0 Å². The van der Waals surface area contributed by atoms with Crippen molar-refractivity contribution in [1.29, 1.82) is 0 Å².